The molecule has 0 spiro atoms. The van der Waals surface area contributed by atoms with Crippen LogP contribution in [0, 0.1) is 0 Å². The van der Waals surface area contributed by atoms with Gasteiger partial charge < -0.3 is 15.3 Å². The molecule has 0 aliphatic rings. The SMILES string of the molecule is CC(C)=CCCC(C)=CCc1c(O)c(CC=C(C)CCC=C(C)C)c(O)c(C(=O)Cc2ccccc2)c1O. The summed E-state index contributed by atoms with van der Waals surface area (Å²) in [5, 5.41) is 33.4. The molecule has 2 aromatic rings. The summed E-state index contributed by atoms with van der Waals surface area (Å²) in [7, 11) is 0. The zero-order valence-electron chi connectivity index (χ0n) is 23.9. The lowest BCUT2D eigenvalue weighted by Gasteiger charge is -2.17. The maximum Gasteiger partial charge on any atom is 0.174 e. The van der Waals surface area contributed by atoms with Gasteiger partial charge in [-0.1, -0.05) is 76.9 Å². The molecule has 0 saturated heterocycles. The number of aromatic hydroxyl groups is 3. The molecule has 0 aromatic heterocycles. The molecule has 0 heterocycles. The second-order valence-corrected chi connectivity index (χ2v) is 10.6. The summed E-state index contributed by atoms with van der Waals surface area (Å²) in [5.74, 6) is -1.23. The van der Waals surface area contributed by atoms with Gasteiger partial charge in [0, 0.05) is 17.5 Å². The predicted molar refractivity (Wildman–Crippen MR) is 158 cm³/mol. The predicted octanol–water partition coefficient (Wildman–Crippen LogP) is 8.70. The van der Waals surface area contributed by atoms with Crippen LogP contribution in [0.5, 0.6) is 17.2 Å². The van der Waals surface area contributed by atoms with Crippen LogP contribution in [0.4, 0.5) is 0 Å². The summed E-state index contributed by atoms with van der Waals surface area (Å²) in [5.41, 5.74) is 5.99. The van der Waals surface area contributed by atoms with E-state index in [1.54, 1.807) is 0 Å². The quantitative estimate of drug-likeness (QED) is 0.184. The zero-order chi connectivity index (χ0) is 28.2. The van der Waals surface area contributed by atoms with E-state index in [0.717, 1.165) is 42.4 Å². The van der Waals surface area contributed by atoms with Gasteiger partial charge in [0.15, 0.2) is 5.78 Å². The van der Waals surface area contributed by atoms with Crippen molar-refractivity contribution in [2.45, 2.75) is 86.5 Å². The largest absolute Gasteiger partial charge is 0.507 e. The summed E-state index contributed by atoms with van der Waals surface area (Å²) in [6.45, 7) is 12.3. The molecule has 0 saturated carbocycles. The Balaban J connectivity index is 2.46. The minimum absolute atomic E-state index is 0.0424. The molecule has 0 unspecified atom stereocenters. The van der Waals surface area contributed by atoms with Crippen molar-refractivity contribution in [3.05, 3.63) is 99.2 Å². The van der Waals surface area contributed by atoms with E-state index in [4.69, 9.17) is 0 Å². The van der Waals surface area contributed by atoms with E-state index in [9.17, 15) is 20.1 Å². The van der Waals surface area contributed by atoms with Gasteiger partial charge >= 0.3 is 0 Å². The first-order valence-corrected chi connectivity index (χ1v) is 13.4. The first kappa shape index (κ1) is 30.7. The Bertz CT molecular complexity index is 1150. The lowest BCUT2D eigenvalue weighted by Crippen LogP contribution is -2.08. The molecule has 0 atom stereocenters. The molecule has 2 aromatic carbocycles. The van der Waals surface area contributed by atoms with Crippen LogP contribution in [-0.2, 0) is 19.3 Å². The van der Waals surface area contributed by atoms with Gasteiger partial charge in [-0.05, 0) is 85.6 Å². The Morgan fingerprint density at radius 2 is 1.11 bits per heavy atom. The van der Waals surface area contributed by atoms with Gasteiger partial charge in [-0.25, -0.2) is 0 Å². The van der Waals surface area contributed by atoms with E-state index >= 15 is 0 Å². The molecule has 4 nitrogen and oxygen atoms in total. The highest BCUT2D eigenvalue weighted by atomic mass is 16.3. The summed E-state index contributed by atoms with van der Waals surface area (Å²) in [4.78, 5) is 13.3. The standard InChI is InChI=1S/C34H44O4/c1-23(2)12-10-14-25(5)18-20-28-32(36)29(21-19-26(6)15-11-13-24(3)4)34(38)31(33(28)37)30(35)22-27-16-8-7-9-17-27/h7-9,12-13,16-19,36-38H,10-11,14-15,20-22H2,1-6H3. The van der Waals surface area contributed by atoms with Crippen LogP contribution in [0.25, 0.3) is 0 Å². The lowest BCUT2D eigenvalue weighted by molar-refractivity contribution is 0.0987. The molecule has 204 valence electrons. The molecule has 0 fully saturated rings. The summed E-state index contributed by atoms with van der Waals surface area (Å²) in [6, 6.07) is 9.25. The second-order valence-electron chi connectivity index (χ2n) is 10.6. The highest BCUT2D eigenvalue weighted by Gasteiger charge is 2.26. The Hall–Kier alpha value is -3.53. The molecule has 4 heteroatoms. The number of allylic oxidation sites excluding steroid dienone is 8. The zero-order valence-corrected chi connectivity index (χ0v) is 23.9. The average Bonchev–Trinajstić information content (AvgIpc) is 2.84. The van der Waals surface area contributed by atoms with Gasteiger partial charge in [0.1, 0.15) is 22.8 Å². The topological polar surface area (TPSA) is 77.8 Å². The number of ketones is 1. The van der Waals surface area contributed by atoms with E-state index in [1.165, 1.54) is 11.1 Å². The van der Waals surface area contributed by atoms with Gasteiger partial charge in [0.05, 0.1) is 0 Å². The van der Waals surface area contributed by atoms with Crippen molar-refractivity contribution in [3.63, 3.8) is 0 Å². The number of benzene rings is 2. The van der Waals surface area contributed by atoms with Crippen molar-refractivity contribution < 1.29 is 20.1 Å². The number of rotatable bonds is 13. The van der Waals surface area contributed by atoms with Crippen LogP contribution in [-0.4, -0.2) is 21.1 Å². The first-order chi connectivity index (χ1) is 18.0. The number of hydrogen-bond donors (Lipinski definition) is 3. The van der Waals surface area contributed by atoms with Crippen molar-refractivity contribution >= 4 is 5.78 Å². The molecule has 0 amide bonds. The molecule has 0 radical (unpaired) electrons. The van der Waals surface area contributed by atoms with Crippen molar-refractivity contribution in [2.24, 2.45) is 0 Å². The molecular formula is C34H44O4. The van der Waals surface area contributed by atoms with Crippen LogP contribution < -0.4 is 0 Å². The minimum atomic E-state index is -0.387. The fraction of sp³-hybridized carbons (Fsp3) is 0.382. The van der Waals surface area contributed by atoms with Gasteiger partial charge in [0.25, 0.3) is 0 Å². The molecule has 3 N–H and O–H groups in total. The molecule has 0 aliphatic carbocycles. The second kappa shape index (κ2) is 15.0. The fourth-order valence-electron chi connectivity index (χ4n) is 4.27. The van der Waals surface area contributed by atoms with Gasteiger partial charge in [0.2, 0.25) is 0 Å². The van der Waals surface area contributed by atoms with Crippen LogP contribution in [0.15, 0.2) is 76.9 Å². The van der Waals surface area contributed by atoms with Gasteiger partial charge in [-0.15, -0.1) is 0 Å². The van der Waals surface area contributed by atoms with E-state index in [-0.39, 0.29) is 59.0 Å². The number of carbonyl (C=O) groups excluding carboxylic acids is 1. The molecule has 38 heavy (non-hydrogen) atoms. The van der Waals surface area contributed by atoms with Crippen LogP contribution in [0.3, 0.4) is 0 Å². The first-order valence-electron chi connectivity index (χ1n) is 13.4. The van der Waals surface area contributed by atoms with Crippen molar-refractivity contribution in [1.29, 1.82) is 0 Å². The van der Waals surface area contributed by atoms with Crippen LogP contribution in [0.2, 0.25) is 0 Å². The van der Waals surface area contributed by atoms with E-state index < -0.39 is 0 Å². The van der Waals surface area contributed by atoms with E-state index in [2.05, 4.69) is 39.8 Å². The van der Waals surface area contributed by atoms with Crippen LogP contribution >= 0.6 is 0 Å². The Morgan fingerprint density at radius 1 is 0.658 bits per heavy atom. The van der Waals surface area contributed by atoms with Gasteiger partial charge in [-0.3, -0.25) is 4.79 Å². The minimum Gasteiger partial charge on any atom is -0.507 e. The molecule has 0 aliphatic heterocycles. The fourth-order valence-corrected chi connectivity index (χ4v) is 4.27. The lowest BCUT2D eigenvalue weighted by atomic mass is 9.91. The summed E-state index contributed by atoms with van der Waals surface area (Å²) in [6.07, 6.45) is 12.4. The third kappa shape index (κ3) is 9.41. The third-order valence-electron chi connectivity index (χ3n) is 6.60. The third-order valence-corrected chi connectivity index (χ3v) is 6.60. The average molecular weight is 517 g/mol. The van der Waals surface area contributed by atoms with Crippen LogP contribution in [0.1, 0.15) is 94.3 Å². The Morgan fingerprint density at radius 3 is 1.53 bits per heavy atom. The molecule has 2 rings (SSSR count). The van der Waals surface area contributed by atoms with E-state index in [1.807, 2.05) is 56.3 Å². The number of Topliss-reactive ketones (excluding diaryl/α,β-unsaturated/α-hetero) is 1. The maximum atomic E-state index is 13.3. The number of carbonyl (C=O) groups is 1. The number of phenolic OH excluding ortho intramolecular Hbond substituents is 3. The highest BCUT2D eigenvalue weighted by molar-refractivity contribution is 6.03. The van der Waals surface area contributed by atoms with Crippen molar-refractivity contribution in [1.82, 2.24) is 0 Å². The normalized spacial score (nSPS) is 11.8. The smallest absolute Gasteiger partial charge is 0.174 e. The molecule has 0 bridgehead atoms. The van der Waals surface area contributed by atoms with Gasteiger partial charge in [-0.2, -0.15) is 0 Å². The summed E-state index contributed by atoms with van der Waals surface area (Å²) >= 11 is 0. The number of hydrogen-bond acceptors (Lipinski definition) is 4. The Labute approximate surface area is 228 Å². The number of phenols is 3. The summed E-state index contributed by atoms with van der Waals surface area (Å²) < 4.78 is 0. The highest BCUT2D eigenvalue weighted by Crippen LogP contribution is 2.43. The maximum absolute atomic E-state index is 13.3. The monoisotopic (exact) mass is 516 g/mol. The Kier molecular flexibility index (Phi) is 12.1. The van der Waals surface area contributed by atoms with Crippen molar-refractivity contribution in [2.75, 3.05) is 0 Å². The molecular weight excluding hydrogens is 472 g/mol. The van der Waals surface area contributed by atoms with E-state index in [0.29, 0.717) is 0 Å². The van der Waals surface area contributed by atoms with Crippen molar-refractivity contribution in [3.8, 4) is 17.2 Å².